The second kappa shape index (κ2) is 7.46. The summed E-state index contributed by atoms with van der Waals surface area (Å²) in [5, 5.41) is 19.1. The van der Waals surface area contributed by atoms with Crippen molar-refractivity contribution in [2.24, 2.45) is 0 Å². The van der Waals surface area contributed by atoms with Gasteiger partial charge in [-0.15, -0.1) is 0 Å². The molecule has 3 heterocycles. The van der Waals surface area contributed by atoms with Crippen LogP contribution in [0, 0.1) is 5.82 Å². The van der Waals surface area contributed by atoms with Gasteiger partial charge in [0.15, 0.2) is 5.75 Å². The number of hydrogen-bond donors (Lipinski definition) is 2. The van der Waals surface area contributed by atoms with Crippen LogP contribution in [0.2, 0.25) is 0 Å². The summed E-state index contributed by atoms with van der Waals surface area (Å²) in [4.78, 5) is 26.5. The predicted octanol–water partition coefficient (Wildman–Crippen LogP) is 2.46. The Kier molecular flexibility index (Phi) is 4.83. The number of carboxylic acid groups (broad SMARTS) is 1. The monoisotopic (exact) mass is 441 g/mol. The van der Waals surface area contributed by atoms with Crippen molar-refractivity contribution >= 4 is 16.9 Å². The van der Waals surface area contributed by atoms with Gasteiger partial charge in [-0.05, 0) is 32.0 Å². The Morgan fingerprint density at radius 1 is 1.28 bits per heavy atom. The molecule has 1 aromatic carbocycles. The molecule has 2 N–H and O–H groups in total. The third-order valence-electron chi connectivity index (χ3n) is 6.53. The molecule has 0 spiro atoms. The Balaban J connectivity index is 1.77. The smallest absolute Gasteiger partial charge is 0.341 e. The fourth-order valence-corrected chi connectivity index (χ4v) is 4.66. The number of ether oxygens (including phenoxy) is 1. The van der Waals surface area contributed by atoms with Crippen LogP contribution in [-0.2, 0) is 13.1 Å². The fraction of sp³-hybridized carbons (Fsp3) is 0.391. The van der Waals surface area contributed by atoms with Gasteiger partial charge in [0.05, 0.1) is 36.2 Å². The molecule has 3 aromatic rings. The molecule has 0 unspecified atom stereocenters. The van der Waals surface area contributed by atoms with Crippen molar-refractivity contribution < 1.29 is 24.1 Å². The maximum absolute atomic E-state index is 15.5. The van der Waals surface area contributed by atoms with Gasteiger partial charge in [-0.3, -0.25) is 9.69 Å². The van der Waals surface area contributed by atoms with Crippen LogP contribution in [0.15, 0.2) is 29.3 Å². The molecule has 0 saturated heterocycles. The van der Waals surface area contributed by atoms with E-state index in [-0.39, 0.29) is 41.0 Å². The summed E-state index contributed by atoms with van der Waals surface area (Å²) in [6.07, 6.45) is 4.88. The number of hydrogen-bond acceptors (Lipinski definition) is 5. The molecule has 1 aliphatic carbocycles. The van der Waals surface area contributed by atoms with E-state index in [4.69, 9.17) is 4.74 Å². The number of likely N-dealkylation sites (N-methyl/N-ethyl adjacent to an activating group) is 1. The molecule has 2 aliphatic rings. The molecule has 2 aromatic heterocycles. The van der Waals surface area contributed by atoms with Crippen molar-refractivity contribution in [2.75, 3.05) is 20.8 Å². The van der Waals surface area contributed by atoms with E-state index in [0.717, 1.165) is 24.6 Å². The summed E-state index contributed by atoms with van der Waals surface area (Å²) in [5.74, 6) is -1.76. The minimum absolute atomic E-state index is 0.000972. The lowest BCUT2D eigenvalue weighted by molar-refractivity contribution is 0.0694. The molecular weight excluding hydrogens is 417 g/mol. The van der Waals surface area contributed by atoms with E-state index in [2.05, 4.69) is 0 Å². The number of nitrogens with zero attached hydrogens (tertiary/aromatic N) is 3. The third kappa shape index (κ3) is 3.11. The van der Waals surface area contributed by atoms with Gasteiger partial charge in [0, 0.05) is 42.8 Å². The Bertz CT molecular complexity index is 1310. The van der Waals surface area contributed by atoms with Crippen molar-refractivity contribution in [2.45, 2.75) is 38.0 Å². The first-order chi connectivity index (χ1) is 15.3. The highest BCUT2D eigenvalue weighted by Gasteiger charge is 2.31. The summed E-state index contributed by atoms with van der Waals surface area (Å²) in [6, 6.07) is 3.03. The van der Waals surface area contributed by atoms with Crippen LogP contribution in [-0.4, -0.2) is 57.0 Å². The van der Waals surface area contributed by atoms with Crippen molar-refractivity contribution in [1.82, 2.24) is 14.0 Å². The second-order valence-corrected chi connectivity index (χ2v) is 8.60. The van der Waals surface area contributed by atoms with E-state index in [1.807, 2.05) is 28.8 Å². The molecule has 0 bridgehead atoms. The van der Waals surface area contributed by atoms with E-state index in [9.17, 15) is 19.8 Å². The van der Waals surface area contributed by atoms with Gasteiger partial charge >= 0.3 is 5.97 Å². The fourth-order valence-electron chi connectivity index (χ4n) is 4.66. The van der Waals surface area contributed by atoms with Gasteiger partial charge in [0.2, 0.25) is 5.43 Å². The first-order valence-corrected chi connectivity index (χ1v) is 10.5. The maximum Gasteiger partial charge on any atom is 0.341 e. The molecule has 1 atom stereocenters. The molecule has 5 rings (SSSR count). The van der Waals surface area contributed by atoms with Gasteiger partial charge in [-0.2, -0.15) is 0 Å². The van der Waals surface area contributed by atoms with Gasteiger partial charge < -0.3 is 24.1 Å². The zero-order valence-corrected chi connectivity index (χ0v) is 17.8. The number of aliphatic hydroxyl groups excluding tert-OH is 1. The highest BCUT2D eigenvalue weighted by Crippen LogP contribution is 2.44. The summed E-state index contributed by atoms with van der Waals surface area (Å²) in [5.41, 5.74) is 1.14. The number of aliphatic hydroxyl groups is 1. The molecule has 9 heteroatoms. The first-order valence-electron chi connectivity index (χ1n) is 10.5. The molecule has 32 heavy (non-hydrogen) atoms. The average Bonchev–Trinajstić information content (AvgIpc) is 3.52. The second-order valence-electron chi connectivity index (χ2n) is 8.60. The van der Waals surface area contributed by atoms with Crippen molar-refractivity contribution in [3.05, 3.63) is 51.8 Å². The minimum atomic E-state index is -1.34. The largest absolute Gasteiger partial charge is 0.494 e. The number of carbonyl (C=O) groups is 1. The lowest BCUT2D eigenvalue weighted by Crippen LogP contribution is -2.42. The summed E-state index contributed by atoms with van der Waals surface area (Å²) in [6.45, 7) is 1.21. The van der Waals surface area contributed by atoms with Crippen LogP contribution < -0.4 is 10.2 Å². The molecule has 168 valence electrons. The van der Waals surface area contributed by atoms with Gasteiger partial charge in [0.25, 0.3) is 0 Å². The van der Waals surface area contributed by atoms with Gasteiger partial charge in [-0.25, -0.2) is 9.18 Å². The Labute approximate surface area is 183 Å². The van der Waals surface area contributed by atoms with Gasteiger partial charge in [-0.1, -0.05) is 0 Å². The number of benzene rings is 1. The number of halogens is 1. The number of pyridine rings is 1. The highest BCUT2D eigenvalue weighted by molar-refractivity contribution is 5.98. The van der Waals surface area contributed by atoms with Crippen molar-refractivity contribution in [3.63, 3.8) is 0 Å². The molecule has 8 nitrogen and oxygen atoms in total. The number of aromatic nitrogens is 2. The minimum Gasteiger partial charge on any atom is -0.494 e. The number of rotatable bonds is 5. The maximum atomic E-state index is 15.5. The number of aromatic carboxylic acids is 1. The van der Waals surface area contributed by atoms with Crippen LogP contribution in [0.3, 0.4) is 0 Å². The Morgan fingerprint density at radius 3 is 2.66 bits per heavy atom. The molecule has 0 amide bonds. The number of carboxylic acids is 1. The third-order valence-corrected chi connectivity index (χ3v) is 6.53. The Morgan fingerprint density at radius 2 is 2.03 bits per heavy atom. The van der Waals surface area contributed by atoms with E-state index in [0.29, 0.717) is 24.2 Å². The molecule has 1 aliphatic heterocycles. The predicted molar refractivity (Wildman–Crippen MR) is 116 cm³/mol. The summed E-state index contributed by atoms with van der Waals surface area (Å²) in [7, 11) is 3.36. The van der Waals surface area contributed by atoms with E-state index in [1.165, 1.54) is 13.3 Å². The summed E-state index contributed by atoms with van der Waals surface area (Å²) < 4.78 is 24.9. The van der Waals surface area contributed by atoms with Crippen LogP contribution in [0.5, 0.6) is 5.75 Å². The number of fused-ring (bicyclic) bond motifs is 2. The number of methoxy groups -OCH3 is 1. The quantitative estimate of drug-likeness (QED) is 0.632. The van der Waals surface area contributed by atoms with Gasteiger partial charge in [0.1, 0.15) is 11.4 Å². The SMILES string of the molecule is COc1c(-c2cc3n(c2)C[C@H](CO)N(C)C3)c(F)cc2c(=O)c(C(=O)O)cn(C3CC3)c12. The van der Waals surface area contributed by atoms with Crippen LogP contribution in [0.4, 0.5) is 4.39 Å². The summed E-state index contributed by atoms with van der Waals surface area (Å²) >= 11 is 0. The standard InChI is InChI=1S/C23H24FN3O5/c1-25-8-14-5-12(7-26(14)9-15(25)11-28)19-18(24)6-16-20(22(19)32-2)27(13-3-4-13)10-17(21(16)29)23(30)31/h5-7,10,13,15,28H,3-4,8-9,11H2,1-2H3,(H,30,31)/t15-/m1/s1. The lowest BCUT2D eigenvalue weighted by Gasteiger charge is -2.32. The Hall–Kier alpha value is -3.17. The van der Waals surface area contributed by atoms with Crippen molar-refractivity contribution in [3.8, 4) is 16.9 Å². The molecule has 1 fully saturated rings. The van der Waals surface area contributed by atoms with E-state index in [1.54, 1.807) is 4.57 Å². The molecule has 0 radical (unpaired) electrons. The van der Waals surface area contributed by atoms with Crippen LogP contribution >= 0.6 is 0 Å². The average molecular weight is 441 g/mol. The van der Waals surface area contributed by atoms with E-state index < -0.39 is 17.2 Å². The molecular formula is C23H24FN3O5. The van der Waals surface area contributed by atoms with Crippen LogP contribution in [0.1, 0.15) is 34.9 Å². The lowest BCUT2D eigenvalue weighted by atomic mass is 10.0. The highest BCUT2D eigenvalue weighted by atomic mass is 19.1. The first kappa shape index (κ1) is 20.7. The van der Waals surface area contributed by atoms with Crippen molar-refractivity contribution in [1.29, 1.82) is 0 Å². The topological polar surface area (TPSA) is 96.9 Å². The van der Waals surface area contributed by atoms with Crippen LogP contribution in [0.25, 0.3) is 22.0 Å². The molecule has 1 saturated carbocycles. The van der Waals surface area contributed by atoms with E-state index >= 15 is 4.39 Å². The zero-order valence-electron chi connectivity index (χ0n) is 17.8. The normalized spacial score (nSPS) is 18.7. The zero-order chi connectivity index (χ0) is 22.7.